The molecule has 0 aliphatic heterocycles. The summed E-state index contributed by atoms with van der Waals surface area (Å²) in [5.74, 6) is 7.56. The fourth-order valence-electron chi connectivity index (χ4n) is 7.26. The van der Waals surface area contributed by atoms with Crippen LogP contribution in [0.15, 0.2) is 0 Å². The molecule has 9 atom stereocenters. The van der Waals surface area contributed by atoms with Crippen LogP contribution in [-0.2, 0) is 4.74 Å². The van der Waals surface area contributed by atoms with Crippen molar-refractivity contribution in [3.63, 3.8) is 0 Å². The highest BCUT2D eigenvalue weighted by Gasteiger charge is 2.56. The van der Waals surface area contributed by atoms with E-state index in [-0.39, 0.29) is 0 Å². The van der Waals surface area contributed by atoms with Crippen molar-refractivity contribution in [1.29, 1.82) is 0 Å². The smallest absolute Gasteiger partial charge is 0.0608 e. The molecule has 5 saturated carbocycles. The van der Waals surface area contributed by atoms with Crippen molar-refractivity contribution >= 4 is 23.5 Å². The zero-order valence-electron chi connectivity index (χ0n) is 15.2. The van der Waals surface area contributed by atoms with E-state index < -0.39 is 0 Å². The van der Waals surface area contributed by atoms with Crippen LogP contribution in [0.5, 0.6) is 0 Å². The molecule has 0 N–H and O–H groups in total. The zero-order chi connectivity index (χ0) is 16.1. The Hall–Kier alpha value is 0.660. The molecule has 9 unspecified atom stereocenters. The standard InChI is InChI=1S/C21H34OS2/c1-23-16-11-17-15-9-19(18(17)12-16)20(10-15)22-5-2-6-24-21-8-13-3-4-14(21)7-13/h13-21H,2-12H2,1H3. The molecule has 0 aromatic carbocycles. The molecular formula is C21H34OS2. The minimum Gasteiger partial charge on any atom is -0.378 e. The average Bonchev–Trinajstić information content (AvgIpc) is 3.36. The Balaban J connectivity index is 1.02. The number of rotatable bonds is 7. The summed E-state index contributed by atoms with van der Waals surface area (Å²) in [4.78, 5) is 0. The number of hydrogen-bond acceptors (Lipinski definition) is 3. The van der Waals surface area contributed by atoms with Crippen LogP contribution >= 0.6 is 23.5 Å². The van der Waals surface area contributed by atoms with Crippen molar-refractivity contribution in [2.24, 2.45) is 35.5 Å². The second-order valence-electron chi connectivity index (χ2n) is 9.40. The van der Waals surface area contributed by atoms with Crippen LogP contribution < -0.4 is 0 Å². The number of hydrogen-bond donors (Lipinski definition) is 0. The van der Waals surface area contributed by atoms with Gasteiger partial charge < -0.3 is 4.74 Å². The maximum atomic E-state index is 6.42. The van der Waals surface area contributed by atoms with Crippen LogP contribution in [0, 0.1) is 35.5 Å². The third-order valence-corrected chi connectivity index (χ3v) is 10.9. The fraction of sp³-hybridized carbons (Fsp3) is 1.00. The van der Waals surface area contributed by atoms with Gasteiger partial charge in [0.15, 0.2) is 0 Å². The van der Waals surface area contributed by atoms with Crippen LogP contribution in [0.25, 0.3) is 0 Å². The van der Waals surface area contributed by atoms with E-state index in [9.17, 15) is 0 Å². The van der Waals surface area contributed by atoms with E-state index in [2.05, 4.69) is 29.8 Å². The van der Waals surface area contributed by atoms with Gasteiger partial charge in [-0.1, -0.05) is 6.42 Å². The van der Waals surface area contributed by atoms with Crippen molar-refractivity contribution in [3.8, 4) is 0 Å². The number of thioether (sulfide) groups is 2. The first kappa shape index (κ1) is 16.8. The first-order chi connectivity index (χ1) is 11.8. The molecule has 4 bridgehead atoms. The van der Waals surface area contributed by atoms with Gasteiger partial charge in [0.2, 0.25) is 0 Å². The lowest BCUT2D eigenvalue weighted by Crippen LogP contribution is -2.30. The van der Waals surface area contributed by atoms with E-state index in [0.29, 0.717) is 6.10 Å². The summed E-state index contributed by atoms with van der Waals surface area (Å²) < 4.78 is 6.42. The molecular weight excluding hydrogens is 332 g/mol. The fourth-order valence-corrected chi connectivity index (χ4v) is 9.61. The van der Waals surface area contributed by atoms with E-state index in [1.54, 1.807) is 6.42 Å². The minimum absolute atomic E-state index is 0.629. The molecule has 0 amide bonds. The van der Waals surface area contributed by atoms with Gasteiger partial charge in [-0.15, -0.1) is 0 Å². The molecule has 0 aromatic rings. The highest BCUT2D eigenvalue weighted by molar-refractivity contribution is 8.00. The molecule has 0 spiro atoms. The van der Waals surface area contributed by atoms with E-state index in [1.165, 1.54) is 57.1 Å². The quantitative estimate of drug-likeness (QED) is 0.552. The van der Waals surface area contributed by atoms with Gasteiger partial charge in [-0.25, -0.2) is 0 Å². The maximum Gasteiger partial charge on any atom is 0.0608 e. The third kappa shape index (κ3) is 2.99. The predicted octanol–water partition coefficient (Wildman–Crippen LogP) is 5.48. The van der Waals surface area contributed by atoms with Gasteiger partial charge >= 0.3 is 0 Å². The predicted molar refractivity (Wildman–Crippen MR) is 106 cm³/mol. The van der Waals surface area contributed by atoms with Crippen molar-refractivity contribution < 1.29 is 4.74 Å². The Kier molecular flexibility index (Phi) is 4.90. The topological polar surface area (TPSA) is 9.23 Å². The van der Waals surface area contributed by atoms with Crippen LogP contribution in [-0.4, -0.2) is 35.2 Å². The van der Waals surface area contributed by atoms with Gasteiger partial charge in [-0.2, -0.15) is 23.5 Å². The van der Waals surface area contributed by atoms with Gasteiger partial charge in [-0.05, 0) is 98.9 Å². The Bertz CT molecular complexity index is 455. The summed E-state index contributed by atoms with van der Waals surface area (Å²) in [6.07, 6.45) is 16.3. The zero-order valence-corrected chi connectivity index (χ0v) is 16.8. The average molecular weight is 367 g/mol. The summed E-state index contributed by atoms with van der Waals surface area (Å²) in [6, 6.07) is 0. The molecule has 0 radical (unpaired) electrons. The molecule has 24 heavy (non-hydrogen) atoms. The molecule has 3 heteroatoms. The first-order valence-corrected chi connectivity index (χ1v) is 12.9. The lowest BCUT2D eigenvalue weighted by molar-refractivity contribution is -0.00953. The molecule has 1 nitrogen and oxygen atoms in total. The first-order valence-electron chi connectivity index (χ1n) is 10.6. The minimum atomic E-state index is 0.629. The lowest BCUT2D eigenvalue weighted by atomic mass is 9.80. The second kappa shape index (κ2) is 7.00. The third-order valence-electron chi connectivity index (χ3n) is 8.32. The summed E-state index contributed by atoms with van der Waals surface area (Å²) in [5, 5.41) is 1.97. The number of ether oxygens (including phenoxy) is 1. The highest BCUT2D eigenvalue weighted by atomic mass is 32.2. The largest absolute Gasteiger partial charge is 0.378 e. The summed E-state index contributed by atoms with van der Waals surface area (Å²) in [6.45, 7) is 1.03. The summed E-state index contributed by atoms with van der Waals surface area (Å²) >= 11 is 4.40. The van der Waals surface area contributed by atoms with Crippen LogP contribution in [0.2, 0.25) is 0 Å². The van der Waals surface area contributed by atoms with Gasteiger partial charge in [-0.3, -0.25) is 0 Å². The van der Waals surface area contributed by atoms with Crippen LogP contribution in [0.4, 0.5) is 0 Å². The molecule has 5 aliphatic carbocycles. The lowest BCUT2D eigenvalue weighted by Gasteiger charge is -2.31. The molecule has 136 valence electrons. The van der Waals surface area contributed by atoms with Crippen molar-refractivity contribution in [1.82, 2.24) is 0 Å². The molecule has 0 heterocycles. The van der Waals surface area contributed by atoms with Crippen LogP contribution in [0.1, 0.15) is 57.8 Å². The Morgan fingerprint density at radius 3 is 2.58 bits per heavy atom. The Morgan fingerprint density at radius 2 is 1.79 bits per heavy atom. The molecule has 5 aliphatic rings. The Morgan fingerprint density at radius 1 is 0.875 bits per heavy atom. The second-order valence-corrected chi connectivity index (χ2v) is 11.9. The Labute approximate surface area is 156 Å². The van der Waals surface area contributed by atoms with E-state index >= 15 is 0 Å². The van der Waals surface area contributed by atoms with Gasteiger partial charge in [0.1, 0.15) is 0 Å². The summed E-state index contributed by atoms with van der Waals surface area (Å²) in [5.41, 5.74) is 0. The SMILES string of the molecule is CSC1CC2C3CC(OCCCSC4CC5CCC4C5)C(C3)C2C1. The van der Waals surface area contributed by atoms with Crippen molar-refractivity contribution in [2.75, 3.05) is 18.6 Å². The van der Waals surface area contributed by atoms with Crippen molar-refractivity contribution in [2.45, 2.75) is 74.4 Å². The van der Waals surface area contributed by atoms with Gasteiger partial charge in [0, 0.05) is 17.1 Å². The molecule has 5 rings (SSSR count). The molecule has 0 saturated heterocycles. The monoisotopic (exact) mass is 366 g/mol. The van der Waals surface area contributed by atoms with Crippen molar-refractivity contribution in [3.05, 3.63) is 0 Å². The van der Waals surface area contributed by atoms with Gasteiger partial charge in [0.05, 0.1) is 6.10 Å². The summed E-state index contributed by atoms with van der Waals surface area (Å²) in [7, 11) is 0. The van der Waals surface area contributed by atoms with E-state index in [0.717, 1.165) is 52.6 Å². The highest BCUT2D eigenvalue weighted by Crippen LogP contribution is 2.60. The molecule has 5 fully saturated rings. The maximum absolute atomic E-state index is 6.42. The van der Waals surface area contributed by atoms with E-state index in [1.807, 2.05) is 0 Å². The number of fused-ring (bicyclic) bond motifs is 7. The van der Waals surface area contributed by atoms with Gasteiger partial charge in [0.25, 0.3) is 0 Å². The normalized spacial score (nSPS) is 51.6. The van der Waals surface area contributed by atoms with Crippen LogP contribution in [0.3, 0.4) is 0 Å². The van der Waals surface area contributed by atoms with E-state index in [4.69, 9.17) is 4.74 Å². The molecule has 0 aromatic heterocycles.